The Morgan fingerprint density at radius 3 is 2.84 bits per heavy atom. The van der Waals surface area contributed by atoms with Crippen molar-refractivity contribution < 1.29 is 9.90 Å². The van der Waals surface area contributed by atoms with Crippen LogP contribution in [0.2, 0.25) is 0 Å². The molecule has 1 aromatic heterocycles. The van der Waals surface area contributed by atoms with E-state index in [0.29, 0.717) is 18.2 Å². The summed E-state index contributed by atoms with van der Waals surface area (Å²) in [5.74, 6) is 0.374. The van der Waals surface area contributed by atoms with Gasteiger partial charge in [-0.25, -0.2) is 4.79 Å². The molecule has 6 heteroatoms. The SMILES string of the molecule is CC(C)n1cc(NC(=O)N(C)CC(O)C2CC2)cn1. The van der Waals surface area contributed by atoms with Crippen molar-refractivity contribution in [2.45, 2.75) is 38.8 Å². The van der Waals surface area contributed by atoms with E-state index >= 15 is 0 Å². The van der Waals surface area contributed by atoms with Gasteiger partial charge in [-0.05, 0) is 32.6 Å². The fraction of sp³-hybridized carbons (Fsp3) is 0.692. The summed E-state index contributed by atoms with van der Waals surface area (Å²) in [7, 11) is 1.69. The molecule has 1 atom stereocenters. The van der Waals surface area contributed by atoms with Gasteiger partial charge < -0.3 is 15.3 Å². The first kappa shape index (κ1) is 13.9. The fourth-order valence-electron chi connectivity index (χ4n) is 1.90. The minimum absolute atomic E-state index is 0.219. The number of aromatic nitrogens is 2. The highest BCUT2D eigenvalue weighted by Crippen LogP contribution is 2.32. The lowest BCUT2D eigenvalue weighted by Crippen LogP contribution is -2.37. The Kier molecular flexibility index (Phi) is 4.09. The summed E-state index contributed by atoms with van der Waals surface area (Å²) >= 11 is 0. The molecule has 1 aliphatic rings. The molecular weight excluding hydrogens is 244 g/mol. The van der Waals surface area contributed by atoms with Gasteiger partial charge in [0.15, 0.2) is 0 Å². The molecule has 0 radical (unpaired) electrons. The van der Waals surface area contributed by atoms with Crippen molar-refractivity contribution >= 4 is 11.7 Å². The molecule has 1 saturated carbocycles. The molecule has 2 amide bonds. The van der Waals surface area contributed by atoms with E-state index < -0.39 is 6.10 Å². The summed E-state index contributed by atoms with van der Waals surface area (Å²) < 4.78 is 1.79. The van der Waals surface area contributed by atoms with Gasteiger partial charge in [0.05, 0.1) is 18.0 Å². The van der Waals surface area contributed by atoms with Gasteiger partial charge in [-0.2, -0.15) is 5.10 Å². The van der Waals surface area contributed by atoms with Crippen molar-refractivity contribution in [1.29, 1.82) is 0 Å². The number of hydrogen-bond acceptors (Lipinski definition) is 3. The topological polar surface area (TPSA) is 70.4 Å². The van der Waals surface area contributed by atoms with Crippen molar-refractivity contribution in [1.82, 2.24) is 14.7 Å². The highest BCUT2D eigenvalue weighted by Gasteiger charge is 2.31. The molecule has 0 aliphatic heterocycles. The molecule has 1 aliphatic carbocycles. The largest absolute Gasteiger partial charge is 0.391 e. The third kappa shape index (κ3) is 3.70. The van der Waals surface area contributed by atoms with Gasteiger partial charge in [0.2, 0.25) is 0 Å². The standard InChI is InChI=1S/C13H22N4O2/c1-9(2)17-7-11(6-14-17)15-13(19)16(3)8-12(18)10-4-5-10/h6-7,9-10,12,18H,4-5,8H2,1-3H3,(H,15,19). The third-order valence-corrected chi connectivity index (χ3v) is 3.36. The number of nitrogens with zero attached hydrogens (tertiary/aromatic N) is 3. The van der Waals surface area contributed by atoms with Gasteiger partial charge in [-0.15, -0.1) is 0 Å². The second kappa shape index (κ2) is 5.61. The molecule has 2 rings (SSSR count). The van der Waals surface area contributed by atoms with Crippen LogP contribution in [-0.2, 0) is 0 Å². The summed E-state index contributed by atoms with van der Waals surface area (Å²) in [5, 5.41) is 16.7. The average Bonchev–Trinajstić information content (AvgIpc) is 3.09. The van der Waals surface area contributed by atoms with E-state index in [4.69, 9.17) is 0 Å². The van der Waals surface area contributed by atoms with Gasteiger partial charge in [0.25, 0.3) is 0 Å². The Morgan fingerprint density at radius 1 is 1.63 bits per heavy atom. The number of rotatable bonds is 5. The normalized spacial score (nSPS) is 16.5. The van der Waals surface area contributed by atoms with Gasteiger partial charge in [0.1, 0.15) is 0 Å². The maximum Gasteiger partial charge on any atom is 0.321 e. The summed E-state index contributed by atoms with van der Waals surface area (Å²) in [4.78, 5) is 13.4. The molecule has 0 saturated heterocycles. The van der Waals surface area contributed by atoms with Crippen LogP contribution in [0.1, 0.15) is 32.7 Å². The maximum absolute atomic E-state index is 11.9. The fourth-order valence-corrected chi connectivity index (χ4v) is 1.90. The van der Waals surface area contributed by atoms with Crippen molar-refractivity contribution in [3.63, 3.8) is 0 Å². The number of aliphatic hydroxyl groups is 1. The second-order valence-corrected chi connectivity index (χ2v) is 5.52. The Labute approximate surface area is 113 Å². The number of carbonyl (C=O) groups is 1. The zero-order chi connectivity index (χ0) is 14.0. The molecule has 1 aromatic rings. The number of likely N-dealkylation sites (N-methyl/N-ethyl adjacent to an activating group) is 1. The number of anilines is 1. The summed E-state index contributed by atoms with van der Waals surface area (Å²) in [5.41, 5.74) is 0.673. The smallest absolute Gasteiger partial charge is 0.321 e. The number of urea groups is 1. The summed E-state index contributed by atoms with van der Waals surface area (Å²) in [6, 6.07) is 0.0445. The molecule has 0 bridgehead atoms. The van der Waals surface area contributed by atoms with Crippen LogP contribution in [0.3, 0.4) is 0 Å². The van der Waals surface area contributed by atoms with Crippen LogP contribution in [0.15, 0.2) is 12.4 Å². The highest BCUT2D eigenvalue weighted by atomic mass is 16.3. The zero-order valence-corrected chi connectivity index (χ0v) is 11.7. The van der Waals surface area contributed by atoms with E-state index in [1.165, 1.54) is 4.90 Å². The van der Waals surface area contributed by atoms with Crippen LogP contribution >= 0.6 is 0 Å². The third-order valence-electron chi connectivity index (χ3n) is 3.36. The van der Waals surface area contributed by atoms with Crippen molar-refractivity contribution in [2.24, 2.45) is 5.92 Å². The molecule has 1 unspecified atom stereocenters. The van der Waals surface area contributed by atoms with Crippen LogP contribution < -0.4 is 5.32 Å². The van der Waals surface area contributed by atoms with E-state index in [-0.39, 0.29) is 12.1 Å². The first-order chi connectivity index (χ1) is 8.97. The molecular formula is C13H22N4O2. The maximum atomic E-state index is 11.9. The zero-order valence-electron chi connectivity index (χ0n) is 11.7. The van der Waals surface area contributed by atoms with E-state index in [1.807, 2.05) is 13.8 Å². The monoisotopic (exact) mass is 266 g/mol. The molecule has 0 spiro atoms. The number of hydrogen-bond donors (Lipinski definition) is 2. The van der Waals surface area contributed by atoms with Crippen LogP contribution in [-0.4, -0.2) is 45.5 Å². The van der Waals surface area contributed by atoms with Gasteiger partial charge in [-0.3, -0.25) is 4.68 Å². The van der Waals surface area contributed by atoms with Crippen LogP contribution in [0.25, 0.3) is 0 Å². The Morgan fingerprint density at radius 2 is 2.32 bits per heavy atom. The Hall–Kier alpha value is -1.56. The molecule has 2 N–H and O–H groups in total. The van der Waals surface area contributed by atoms with Crippen molar-refractivity contribution in [3.8, 4) is 0 Å². The van der Waals surface area contributed by atoms with Crippen LogP contribution in [0.5, 0.6) is 0 Å². The van der Waals surface area contributed by atoms with Crippen molar-refractivity contribution in [3.05, 3.63) is 12.4 Å². The number of carbonyl (C=O) groups excluding carboxylic acids is 1. The first-order valence-electron chi connectivity index (χ1n) is 6.71. The van der Waals surface area contributed by atoms with E-state index in [9.17, 15) is 9.90 Å². The lowest BCUT2D eigenvalue weighted by Gasteiger charge is -2.20. The number of aliphatic hydroxyl groups excluding tert-OH is 1. The minimum atomic E-state index is -0.408. The van der Waals surface area contributed by atoms with Crippen LogP contribution in [0.4, 0.5) is 10.5 Å². The molecule has 6 nitrogen and oxygen atoms in total. The molecule has 0 aromatic carbocycles. The highest BCUT2D eigenvalue weighted by molar-refractivity contribution is 5.88. The Balaban J connectivity index is 1.84. The molecule has 106 valence electrons. The van der Waals surface area contributed by atoms with Gasteiger partial charge in [0, 0.05) is 25.8 Å². The van der Waals surface area contributed by atoms with Crippen LogP contribution in [0, 0.1) is 5.92 Å². The average molecular weight is 266 g/mol. The minimum Gasteiger partial charge on any atom is -0.391 e. The number of amides is 2. The van der Waals surface area contributed by atoms with E-state index in [0.717, 1.165) is 12.8 Å². The predicted octanol–water partition coefficient (Wildman–Crippen LogP) is 1.70. The predicted molar refractivity (Wildman–Crippen MR) is 73.0 cm³/mol. The van der Waals surface area contributed by atoms with Crippen molar-refractivity contribution in [2.75, 3.05) is 18.9 Å². The first-order valence-corrected chi connectivity index (χ1v) is 6.71. The van der Waals surface area contributed by atoms with Gasteiger partial charge in [-0.1, -0.05) is 0 Å². The quantitative estimate of drug-likeness (QED) is 0.852. The summed E-state index contributed by atoms with van der Waals surface area (Å²) in [6.45, 7) is 4.42. The number of nitrogens with one attached hydrogen (secondary N) is 1. The summed E-state index contributed by atoms with van der Waals surface area (Å²) in [6.07, 6.45) is 5.15. The Bertz CT molecular complexity index is 440. The van der Waals surface area contributed by atoms with E-state index in [1.54, 1.807) is 24.1 Å². The second-order valence-electron chi connectivity index (χ2n) is 5.52. The molecule has 1 fully saturated rings. The molecule has 1 heterocycles. The molecule has 19 heavy (non-hydrogen) atoms. The lowest BCUT2D eigenvalue weighted by atomic mass is 10.2. The van der Waals surface area contributed by atoms with E-state index in [2.05, 4.69) is 10.4 Å². The lowest BCUT2D eigenvalue weighted by molar-refractivity contribution is 0.117. The van der Waals surface area contributed by atoms with Gasteiger partial charge >= 0.3 is 6.03 Å².